The zero-order valence-electron chi connectivity index (χ0n) is 9.57. The fourth-order valence-corrected chi connectivity index (χ4v) is 3.17. The molecule has 2 rings (SSSR count). The van der Waals surface area contributed by atoms with E-state index in [1.807, 2.05) is 0 Å². The van der Waals surface area contributed by atoms with E-state index in [1.165, 1.54) is 22.5 Å². The minimum atomic E-state index is -3.69. The standard InChI is InChI=1S/C10H13N3O4S/c14-13(15)10-6-2-1-5-9(10)11-18(16,17)12-7-3-4-8-12/h1-2,5-6,11H,3-4,7-8H2. The number of para-hydroxylation sites is 2. The van der Waals surface area contributed by atoms with Crippen molar-refractivity contribution in [2.45, 2.75) is 12.8 Å². The maximum Gasteiger partial charge on any atom is 0.301 e. The van der Waals surface area contributed by atoms with Crippen LogP contribution in [0.3, 0.4) is 0 Å². The Kier molecular flexibility index (Phi) is 3.48. The molecule has 1 aromatic carbocycles. The molecule has 1 aliphatic heterocycles. The minimum Gasteiger partial charge on any atom is -0.264 e. The monoisotopic (exact) mass is 271 g/mol. The maximum atomic E-state index is 12.0. The lowest BCUT2D eigenvalue weighted by Gasteiger charge is -2.16. The van der Waals surface area contributed by atoms with Crippen LogP contribution in [0, 0.1) is 10.1 Å². The Bertz CT molecular complexity index is 552. The van der Waals surface area contributed by atoms with E-state index in [0.29, 0.717) is 13.1 Å². The predicted octanol–water partition coefficient (Wildman–Crippen LogP) is 1.35. The van der Waals surface area contributed by atoms with Gasteiger partial charge in [0.25, 0.3) is 5.69 Å². The Balaban J connectivity index is 2.26. The first-order valence-electron chi connectivity index (χ1n) is 5.52. The number of nitrogens with zero attached hydrogens (tertiary/aromatic N) is 2. The molecule has 0 amide bonds. The molecule has 0 radical (unpaired) electrons. The molecule has 1 aliphatic rings. The van der Waals surface area contributed by atoms with E-state index in [-0.39, 0.29) is 11.4 Å². The smallest absolute Gasteiger partial charge is 0.264 e. The molecule has 0 aromatic heterocycles. The molecule has 1 saturated heterocycles. The van der Waals surface area contributed by atoms with Crippen LogP contribution in [0.15, 0.2) is 24.3 Å². The Morgan fingerprint density at radius 2 is 1.83 bits per heavy atom. The van der Waals surface area contributed by atoms with Gasteiger partial charge in [0.1, 0.15) is 5.69 Å². The molecule has 0 aliphatic carbocycles. The van der Waals surface area contributed by atoms with Gasteiger partial charge in [-0.1, -0.05) is 12.1 Å². The van der Waals surface area contributed by atoms with Gasteiger partial charge in [0.05, 0.1) is 4.92 Å². The molecule has 0 unspecified atom stereocenters. The molecule has 18 heavy (non-hydrogen) atoms. The summed E-state index contributed by atoms with van der Waals surface area (Å²) in [7, 11) is -3.69. The molecule has 1 aromatic rings. The van der Waals surface area contributed by atoms with Gasteiger partial charge in [0, 0.05) is 19.2 Å². The van der Waals surface area contributed by atoms with Gasteiger partial charge in [0.2, 0.25) is 0 Å². The highest BCUT2D eigenvalue weighted by molar-refractivity contribution is 7.90. The molecule has 0 spiro atoms. The molecular weight excluding hydrogens is 258 g/mol. The lowest BCUT2D eigenvalue weighted by molar-refractivity contribution is -0.383. The summed E-state index contributed by atoms with van der Waals surface area (Å²) < 4.78 is 27.5. The summed E-state index contributed by atoms with van der Waals surface area (Å²) in [5, 5.41) is 10.8. The summed E-state index contributed by atoms with van der Waals surface area (Å²) in [5.74, 6) is 0. The van der Waals surface area contributed by atoms with Crippen molar-refractivity contribution in [3.63, 3.8) is 0 Å². The van der Waals surface area contributed by atoms with Crippen molar-refractivity contribution in [2.24, 2.45) is 0 Å². The lowest BCUT2D eigenvalue weighted by atomic mass is 10.3. The van der Waals surface area contributed by atoms with Crippen LogP contribution in [-0.4, -0.2) is 30.7 Å². The van der Waals surface area contributed by atoms with Crippen molar-refractivity contribution >= 4 is 21.6 Å². The number of hydrogen-bond donors (Lipinski definition) is 1. The van der Waals surface area contributed by atoms with Gasteiger partial charge in [-0.3, -0.25) is 14.8 Å². The molecular formula is C10H13N3O4S. The molecule has 8 heteroatoms. The number of nitro benzene ring substituents is 1. The SMILES string of the molecule is O=[N+]([O-])c1ccccc1NS(=O)(=O)N1CCCC1. The molecule has 0 saturated carbocycles. The van der Waals surface area contributed by atoms with E-state index in [1.54, 1.807) is 6.07 Å². The van der Waals surface area contributed by atoms with Crippen LogP contribution < -0.4 is 4.72 Å². The van der Waals surface area contributed by atoms with Gasteiger partial charge in [-0.25, -0.2) is 0 Å². The largest absolute Gasteiger partial charge is 0.301 e. The first-order chi connectivity index (χ1) is 8.50. The van der Waals surface area contributed by atoms with Crippen LogP contribution in [0.5, 0.6) is 0 Å². The topological polar surface area (TPSA) is 92.5 Å². The van der Waals surface area contributed by atoms with Crippen molar-refractivity contribution in [1.82, 2.24) is 4.31 Å². The second-order valence-electron chi connectivity index (χ2n) is 3.99. The third-order valence-electron chi connectivity index (χ3n) is 2.74. The van der Waals surface area contributed by atoms with Gasteiger partial charge < -0.3 is 0 Å². The molecule has 7 nitrogen and oxygen atoms in total. The number of nitrogens with one attached hydrogen (secondary N) is 1. The number of rotatable bonds is 4. The van der Waals surface area contributed by atoms with Gasteiger partial charge in [0.15, 0.2) is 0 Å². The first-order valence-corrected chi connectivity index (χ1v) is 6.96. The average molecular weight is 271 g/mol. The molecule has 0 bridgehead atoms. The molecule has 1 N–H and O–H groups in total. The summed E-state index contributed by atoms with van der Waals surface area (Å²) in [6.45, 7) is 0.909. The highest BCUT2D eigenvalue weighted by Gasteiger charge is 2.27. The van der Waals surface area contributed by atoms with Crippen molar-refractivity contribution in [1.29, 1.82) is 0 Å². The van der Waals surface area contributed by atoms with E-state index in [2.05, 4.69) is 4.72 Å². The summed E-state index contributed by atoms with van der Waals surface area (Å²) in [6, 6.07) is 5.69. The molecule has 0 atom stereocenters. The third kappa shape index (κ3) is 2.59. The zero-order valence-corrected chi connectivity index (χ0v) is 10.4. The van der Waals surface area contributed by atoms with E-state index >= 15 is 0 Å². The number of benzene rings is 1. The van der Waals surface area contributed by atoms with Gasteiger partial charge in [-0.15, -0.1) is 0 Å². The number of hydrogen-bond acceptors (Lipinski definition) is 4. The zero-order chi connectivity index (χ0) is 13.2. The Hall–Kier alpha value is -1.67. The van der Waals surface area contributed by atoms with Crippen molar-refractivity contribution < 1.29 is 13.3 Å². The van der Waals surface area contributed by atoms with Crippen LogP contribution >= 0.6 is 0 Å². The fourth-order valence-electron chi connectivity index (χ4n) is 1.85. The van der Waals surface area contributed by atoms with Crippen LogP contribution in [-0.2, 0) is 10.2 Å². The Morgan fingerprint density at radius 3 is 2.44 bits per heavy atom. The number of anilines is 1. The third-order valence-corrected chi connectivity index (χ3v) is 4.27. The Labute approximate surface area is 105 Å². The molecule has 1 fully saturated rings. The van der Waals surface area contributed by atoms with Crippen molar-refractivity contribution in [3.05, 3.63) is 34.4 Å². The summed E-state index contributed by atoms with van der Waals surface area (Å²) >= 11 is 0. The first kappa shape index (κ1) is 12.8. The predicted molar refractivity (Wildman–Crippen MR) is 66.4 cm³/mol. The van der Waals surface area contributed by atoms with E-state index in [0.717, 1.165) is 12.8 Å². The highest BCUT2D eigenvalue weighted by Crippen LogP contribution is 2.25. The summed E-state index contributed by atoms with van der Waals surface area (Å²) in [5.41, 5.74) is -0.255. The second kappa shape index (κ2) is 4.91. The van der Waals surface area contributed by atoms with Crippen LogP contribution in [0.4, 0.5) is 11.4 Å². The van der Waals surface area contributed by atoms with E-state index in [9.17, 15) is 18.5 Å². The average Bonchev–Trinajstić information content (AvgIpc) is 2.83. The summed E-state index contributed by atoms with van der Waals surface area (Å²) in [6.07, 6.45) is 1.63. The highest BCUT2D eigenvalue weighted by atomic mass is 32.2. The van der Waals surface area contributed by atoms with E-state index in [4.69, 9.17) is 0 Å². The lowest BCUT2D eigenvalue weighted by Crippen LogP contribution is -2.33. The minimum absolute atomic E-state index is 0.00519. The molecule has 98 valence electrons. The summed E-state index contributed by atoms with van der Waals surface area (Å²) in [4.78, 5) is 10.2. The normalized spacial score (nSPS) is 16.7. The maximum absolute atomic E-state index is 12.0. The van der Waals surface area contributed by atoms with Crippen LogP contribution in [0.1, 0.15) is 12.8 Å². The van der Waals surface area contributed by atoms with Gasteiger partial charge >= 0.3 is 10.2 Å². The quantitative estimate of drug-likeness (QED) is 0.660. The van der Waals surface area contributed by atoms with Gasteiger partial charge in [-0.05, 0) is 18.9 Å². The van der Waals surface area contributed by atoms with Crippen LogP contribution in [0.25, 0.3) is 0 Å². The van der Waals surface area contributed by atoms with E-state index < -0.39 is 15.1 Å². The Morgan fingerprint density at radius 1 is 1.22 bits per heavy atom. The van der Waals surface area contributed by atoms with Gasteiger partial charge in [-0.2, -0.15) is 12.7 Å². The van der Waals surface area contributed by atoms with Crippen molar-refractivity contribution in [3.8, 4) is 0 Å². The van der Waals surface area contributed by atoms with Crippen molar-refractivity contribution in [2.75, 3.05) is 17.8 Å². The van der Waals surface area contributed by atoms with Crippen LogP contribution in [0.2, 0.25) is 0 Å². The fraction of sp³-hybridized carbons (Fsp3) is 0.400. The molecule has 1 heterocycles. The second-order valence-corrected chi connectivity index (χ2v) is 5.66. The number of nitro groups is 1.